The fraction of sp³-hybridized carbons (Fsp3) is 0.364. The number of piperidine rings is 1. The number of aryl methyl sites for hydroxylation is 1. The molecule has 166 valence electrons. The Morgan fingerprint density at radius 2 is 1.90 bits per heavy atom. The lowest BCUT2D eigenvalue weighted by atomic mass is 9.98. The summed E-state index contributed by atoms with van der Waals surface area (Å²) in [6.07, 6.45) is 1.15. The number of halogens is 1. The second-order valence-electron chi connectivity index (χ2n) is 7.42. The van der Waals surface area contributed by atoms with Gasteiger partial charge in [0.25, 0.3) is 0 Å². The molecule has 1 heterocycles. The van der Waals surface area contributed by atoms with Gasteiger partial charge in [0, 0.05) is 18.8 Å². The maximum Gasteiger partial charge on any atom is 0.339 e. The number of carbonyl (C=O) groups excluding carboxylic acids is 2. The van der Waals surface area contributed by atoms with Crippen molar-refractivity contribution < 1.29 is 22.7 Å². The summed E-state index contributed by atoms with van der Waals surface area (Å²) < 4.78 is 32.3. The first kappa shape index (κ1) is 23.2. The lowest BCUT2D eigenvalue weighted by molar-refractivity contribution is -0.120. The normalized spacial score (nSPS) is 17.2. The van der Waals surface area contributed by atoms with Crippen molar-refractivity contribution in [3.8, 4) is 0 Å². The van der Waals surface area contributed by atoms with Crippen LogP contribution in [0.3, 0.4) is 0 Å². The maximum atomic E-state index is 13.0. The monoisotopic (exact) mass is 464 g/mol. The molecule has 1 aliphatic heterocycles. The van der Waals surface area contributed by atoms with Crippen LogP contribution < -0.4 is 5.32 Å². The lowest BCUT2D eigenvalue weighted by Gasteiger charge is -2.31. The average molecular weight is 465 g/mol. The van der Waals surface area contributed by atoms with E-state index in [4.69, 9.17) is 16.3 Å². The van der Waals surface area contributed by atoms with Crippen LogP contribution in [0.5, 0.6) is 0 Å². The van der Waals surface area contributed by atoms with E-state index >= 15 is 0 Å². The van der Waals surface area contributed by atoms with Crippen LogP contribution in [-0.2, 0) is 19.6 Å². The summed E-state index contributed by atoms with van der Waals surface area (Å²) in [5, 5.41) is 2.99. The highest BCUT2D eigenvalue weighted by molar-refractivity contribution is 7.89. The molecule has 1 N–H and O–H groups in total. The molecule has 1 amide bonds. The maximum absolute atomic E-state index is 13.0. The molecule has 0 aliphatic carbocycles. The average Bonchev–Trinajstić information content (AvgIpc) is 2.75. The van der Waals surface area contributed by atoms with Crippen molar-refractivity contribution in [2.45, 2.75) is 31.6 Å². The van der Waals surface area contributed by atoms with Crippen LogP contribution in [0, 0.1) is 12.8 Å². The molecule has 9 heteroatoms. The van der Waals surface area contributed by atoms with E-state index in [1.54, 1.807) is 37.3 Å². The number of hydrogen-bond acceptors (Lipinski definition) is 5. The van der Waals surface area contributed by atoms with Gasteiger partial charge in [0.05, 0.1) is 28.0 Å². The molecule has 1 fully saturated rings. The summed E-state index contributed by atoms with van der Waals surface area (Å²) >= 11 is 6.06. The van der Waals surface area contributed by atoms with E-state index in [1.165, 1.54) is 16.4 Å². The molecule has 0 radical (unpaired) electrons. The quantitative estimate of drug-likeness (QED) is 0.655. The molecule has 0 bridgehead atoms. The lowest BCUT2D eigenvalue weighted by Crippen LogP contribution is -2.43. The molecule has 2 aromatic rings. The molecule has 0 saturated carbocycles. The molecular formula is C22H25ClN2O5S. The van der Waals surface area contributed by atoms with Crippen molar-refractivity contribution in [3.63, 3.8) is 0 Å². The number of nitrogens with one attached hydrogen (secondary N) is 1. The molecule has 1 saturated heterocycles. The van der Waals surface area contributed by atoms with Crippen molar-refractivity contribution in [1.82, 2.24) is 4.31 Å². The van der Waals surface area contributed by atoms with Gasteiger partial charge in [-0.1, -0.05) is 29.3 Å². The van der Waals surface area contributed by atoms with Gasteiger partial charge in [-0.15, -0.1) is 0 Å². The minimum Gasteiger partial charge on any atom is -0.462 e. The highest BCUT2D eigenvalue weighted by Gasteiger charge is 2.33. The molecule has 0 spiro atoms. The first-order chi connectivity index (χ1) is 14.7. The fourth-order valence-electron chi connectivity index (χ4n) is 3.45. The molecule has 1 atom stereocenters. The zero-order chi connectivity index (χ0) is 22.6. The van der Waals surface area contributed by atoms with Gasteiger partial charge in [-0.2, -0.15) is 4.31 Å². The number of benzene rings is 2. The number of sulfonamides is 1. The summed E-state index contributed by atoms with van der Waals surface area (Å²) in [5.74, 6) is -1.38. The first-order valence-electron chi connectivity index (χ1n) is 10.1. The Balaban J connectivity index is 1.72. The number of esters is 1. The van der Waals surface area contributed by atoms with Crippen LogP contribution in [0.4, 0.5) is 5.69 Å². The van der Waals surface area contributed by atoms with Gasteiger partial charge in [-0.25, -0.2) is 13.2 Å². The fourth-order valence-corrected chi connectivity index (χ4v) is 5.17. The van der Waals surface area contributed by atoms with E-state index in [-0.39, 0.29) is 34.5 Å². The molecule has 0 aromatic heterocycles. The van der Waals surface area contributed by atoms with Crippen molar-refractivity contribution in [1.29, 1.82) is 0 Å². The molecule has 31 heavy (non-hydrogen) atoms. The van der Waals surface area contributed by atoms with Gasteiger partial charge in [-0.05, 0) is 57.0 Å². The van der Waals surface area contributed by atoms with E-state index < -0.39 is 21.9 Å². The molecule has 3 rings (SSSR count). The van der Waals surface area contributed by atoms with Crippen molar-refractivity contribution in [3.05, 3.63) is 58.6 Å². The topological polar surface area (TPSA) is 92.8 Å². The summed E-state index contributed by atoms with van der Waals surface area (Å²) in [4.78, 5) is 25.1. The van der Waals surface area contributed by atoms with Gasteiger partial charge in [0.15, 0.2) is 0 Å². The van der Waals surface area contributed by atoms with Crippen molar-refractivity contribution >= 4 is 39.2 Å². The highest BCUT2D eigenvalue weighted by atomic mass is 35.5. The van der Waals surface area contributed by atoms with Gasteiger partial charge in [-0.3, -0.25) is 4.79 Å². The van der Waals surface area contributed by atoms with E-state index in [2.05, 4.69) is 5.32 Å². The first-order valence-corrected chi connectivity index (χ1v) is 11.9. The number of ether oxygens (including phenoxy) is 1. The third-order valence-electron chi connectivity index (χ3n) is 5.14. The number of rotatable bonds is 6. The van der Waals surface area contributed by atoms with Gasteiger partial charge in [0.1, 0.15) is 0 Å². The Bertz CT molecular complexity index is 1070. The predicted octanol–water partition coefficient (Wildman–Crippen LogP) is 3.86. The van der Waals surface area contributed by atoms with Gasteiger partial charge < -0.3 is 10.1 Å². The standard InChI is InChI=1S/C22H25ClN2O5S/c1-3-30-22(27)19-13-17(8-11-20(19)23)24-21(26)16-5-4-12-25(14-16)31(28,29)18-9-6-15(2)7-10-18/h6-11,13,16H,3-5,12,14H2,1-2H3,(H,24,26)/t16-/m0/s1. The molecule has 1 aliphatic rings. The zero-order valence-electron chi connectivity index (χ0n) is 17.4. The second kappa shape index (κ2) is 9.80. The van der Waals surface area contributed by atoms with E-state index in [9.17, 15) is 18.0 Å². The largest absolute Gasteiger partial charge is 0.462 e. The molecule has 7 nitrogen and oxygen atoms in total. The number of amides is 1. The Morgan fingerprint density at radius 1 is 1.19 bits per heavy atom. The van der Waals surface area contributed by atoms with Crippen LogP contribution in [0.1, 0.15) is 35.7 Å². The SMILES string of the molecule is CCOC(=O)c1cc(NC(=O)[C@H]2CCCN(S(=O)(=O)c3ccc(C)cc3)C2)ccc1Cl. The third kappa shape index (κ3) is 5.44. The van der Waals surface area contributed by atoms with Crippen molar-refractivity contribution in [2.24, 2.45) is 5.92 Å². The Kier molecular flexibility index (Phi) is 7.35. The summed E-state index contributed by atoms with van der Waals surface area (Å²) in [5.41, 5.74) is 1.53. The van der Waals surface area contributed by atoms with Crippen LogP contribution in [0.15, 0.2) is 47.4 Å². The number of anilines is 1. The zero-order valence-corrected chi connectivity index (χ0v) is 19.0. The highest BCUT2D eigenvalue weighted by Crippen LogP contribution is 2.26. The molecular weight excluding hydrogens is 440 g/mol. The predicted molar refractivity (Wildman–Crippen MR) is 119 cm³/mol. The smallest absolute Gasteiger partial charge is 0.339 e. The summed E-state index contributed by atoms with van der Waals surface area (Å²) in [7, 11) is -3.67. The second-order valence-corrected chi connectivity index (χ2v) is 9.76. The van der Waals surface area contributed by atoms with E-state index in [1.807, 2.05) is 6.92 Å². The Hall–Kier alpha value is -2.42. The van der Waals surface area contributed by atoms with Crippen molar-refractivity contribution in [2.75, 3.05) is 25.0 Å². The van der Waals surface area contributed by atoms with Crippen LogP contribution in [0.2, 0.25) is 5.02 Å². The third-order valence-corrected chi connectivity index (χ3v) is 7.35. The molecule has 2 aromatic carbocycles. The molecule has 0 unspecified atom stereocenters. The van der Waals surface area contributed by atoms with Gasteiger partial charge in [0.2, 0.25) is 15.9 Å². The minimum atomic E-state index is -3.67. The van der Waals surface area contributed by atoms with E-state index in [0.29, 0.717) is 25.1 Å². The van der Waals surface area contributed by atoms with E-state index in [0.717, 1.165) is 5.56 Å². The van der Waals surface area contributed by atoms with Crippen LogP contribution >= 0.6 is 11.6 Å². The van der Waals surface area contributed by atoms with Crippen LogP contribution in [0.25, 0.3) is 0 Å². The van der Waals surface area contributed by atoms with Crippen LogP contribution in [-0.4, -0.2) is 44.3 Å². The number of carbonyl (C=O) groups is 2. The summed E-state index contributed by atoms with van der Waals surface area (Å²) in [6.45, 7) is 4.26. The minimum absolute atomic E-state index is 0.0976. The Labute approximate surface area is 187 Å². The summed E-state index contributed by atoms with van der Waals surface area (Å²) in [6, 6.07) is 11.2. The Morgan fingerprint density at radius 3 is 2.58 bits per heavy atom. The number of hydrogen-bond donors (Lipinski definition) is 1. The van der Waals surface area contributed by atoms with Gasteiger partial charge >= 0.3 is 5.97 Å². The number of nitrogens with zero attached hydrogens (tertiary/aromatic N) is 1.